The monoisotopic (exact) mass is 237 g/mol. The largest absolute Gasteiger partial charge is 0.481 e. The average molecular weight is 237 g/mol. The number of nitrogens with zero attached hydrogens (tertiary/aromatic N) is 1. The second-order valence-corrected chi connectivity index (χ2v) is 5.12. The molecule has 0 unspecified atom stereocenters. The van der Waals surface area contributed by atoms with Gasteiger partial charge in [-0.2, -0.15) is 0 Å². The molecule has 0 aromatic carbocycles. The fourth-order valence-corrected chi connectivity index (χ4v) is 3.14. The lowest BCUT2D eigenvalue weighted by molar-refractivity contribution is -0.162. The van der Waals surface area contributed by atoms with E-state index in [2.05, 4.69) is 6.58 Å². The molecule has 0 atom stereocenters. The van der Waals surface area contributed by atoms with E-state index in [1.165, 1.54) is 6.08 Å². The number of amides is 1. The van der Waals surface area contributed by atoms with Crippen molar-refractivity contribution in [2.24, 2.45) is 11.3 Å². The molecular formula is C13H19NO3. The van der Waals surface area contributed by atoms with Gasteiger partial charge in [0.05, 0.1) is 5.41 Å². The van der Waals surface area contributed by atoms with Gasteiger partial charge in [0.1, 0.15) is 0 Å². The molecule has 94 valence electrons. The van der Waals surface area contributed by atoms with Crippen LogP contribution in [0.4, 0.5) is 0 Å². The second-order valence-electron chi connectivity index (χ2n) is 5.12. The van der Waals surface area contributed by atoms with E-state index in [9.17, 15) is 14.7 Å². The number of hydrogen-bond acceptors (Lipinski definition) is 2. The molecule has 1 heterocycles. The molecule has 4 nitrogen and oxygen atoms in total. The molecule has 1 N–H and O–H groups in total. The van der Waals surface area contributed by atoms with Crippen molar-refractivity contribution in [3.8, 4) is 0 Å². The fourth-order valence-electron chi connectivity index (χ4n) is 3.14. The van der Waals surface area contributed by atoms with E-state index in [1.807, 2.05) is 0 Å². The van der Waals surface area contributed by atoms with E-state index in [1.54, 1.807) is 4.90 Å². The lowest BCUT2D eigenvalue weighted by atomic mass is 9.58. The summed E-state index contributed by atoms with van der Waals surface area (Å²) in [6, 6.07) is 0. The van der Waals surface area contributed by atoms with Crippen LogP contribution >= 0.6 is 0 Å². The van der Waals surface area contributed by atoms with Gasteiger partial charge in [0.25, 0.3) is 0 Å². The van der Waals surface area contributed by atoms with Crippen molar-refractivity contribution in [2.45, 2.75) is 32.1 Å². The molecular weight excluding hydrogens is 218 g/mol. The first kappa shape index (κ1) is 12.1. The van der Waals surface area contributed by atoms with Gasteiger partial charge in [-0.15, -0.1) is 0 Å². The van der Waals surface area contributed by atoms with E-state index < -0.39 is 11.4 Å². The highest BCUT2D eigenvalue weighted by Crippen LogP contribution is 2.50. The molecule has 0 aromatic heterocycles. The summed E-state index contributed by atoms with van der Waals surface area (Å²) in [5.74, 6) is -0.443. The van der Waals surface area contributed by atoms with Crippen molar-refractivity contribution in [1.29, 1.82) is 0 Å². The highest BCUT2D eigenvalue weighted by molar-refractivity contribution is 5.87. The Morgan fingerprint density at radius 1 is 1.29 bits per heavy atom. The number of carboxylic acid groups (broad SMARTS) is 1. The molecule has 1 saturated carbocycles. The standard InChI is InChI=1S/C13H19NO3/c1-2-11(15)14-8-4-10(5-9-14)13(12(16)17)6-3-7-13/h2,10H,1,3-9H2,(H,16,17). The Bertz CT molecular complexity index is 339. The van der Waals surface area contributed by atoms with Gasteiger partial charge in [-0.25, -0.2) is 0 Å². The number of piperidine rings is 1. The summed E-state index contributed by atoms with van der Waals surface area (Å²) in [6.07, 6.45) is 5.59. The smallest absolute Gasteiger partial charge is 0.309 e. The highest BCUT2D eigenvalue weighted by Gasteiger charge is 2.50. The summed E-state index contributed by atoms with van der Waals surface area (Å²) in [5, 5.41) is 9.36. The third-order valence-corrected chi connectivity index (χ3v) is 4.43. The number of carbonyl (C=O) groups excluding carboxylic acids is 1. The lowest BCUT2D eigenvalue weighted by Crippen LogP contribution is -2.49. The lowest BCUT2D eigenvalue weighted by Gasteiger charge is -2.47. The summed E-state index contributed by atoms with van der Waals surface area (Å²) in [5.41, 5.74) is -0.483. The number of likely N-dealkylation sites (tertiary alicyclic amines) is 1. The molecule has 0 bridgehead atoms. The van der Waals surface area contributed by atoms with Crippen LogP contribution < -0.4 is 0 Å². The summed E-state index contributed by atoms with van der Waals surface area (Å²) in [7, 11) is 0. The minimum absolute atomic E-state index is 0.0403. The van der Waals surface area contributed by atoms with E-state index in [4.69, 9.17) is 0 Å². The Kier molecular flexibility index (Phi) is 3.22. The molecule has 0 aromatic rings. The normalized spacial score (nSPS) is 23.9. The quantitative estimate of drug-likeness (QED) is 0.759. The molecule has 1 saturated heterocycles. The van der Waals surface area contributed by atoms with Gasteiger partial charge < -0.3 is 10.0 Å². The minimum atomic E-state index is -0.641. The Balaban J connectivity index is 1.97. The first-order valence-electron chi connectivity index (χ1n) is 6.25. The van der Waals surface area contributed by atoms with Gasteiger partial charge in [-0.1, -0.05) is 13.0 Å². The number of aliphatic carboxylic acids is 1. The van der Waals surface area contributed by atoms with Crippen LogP contribution in [-0.4, -0.2) is 35.0 Å². The Morgan fingerprint density at radius 2 is 1.88 bits per heavy atom. The number of rotatable bonds is 3. The molecule has 17 heavy (non-hydrogen) atoms. The van der Waals surface area contributed by atoms with Gasteiger partial charge in [0.15, 0.2) is 0 Å². The summed E-state index contributed by atoms with van der Waals surface area (Å²) in [6.45, 7) is 4.82. The molecule has 2 aliphatic rings. The molecule has 2 fully saturated rings. The zero-order valence-electron chi connectivity index (χ0n) is 10.0. The predicted molar refractivity (Wildman–Crippen MR) is 63.4 cm³/mol. The van der Waals surface area contributed by atoms with Gasteiger partial charge in [0.2, 0.25) is 5.91 Å². The number of hydrogen-bond donors (Lipinski definition) is 1. The Hall–Kier alpha value is -1.32. The maximum absolute atomic E-state index is 11.4. The Labute approximate surface area is 101 Å². The van der Waals surface area contributed by atoms with Crippen molar-refractivity contribution < 1.29 is 14.7 Å². The Morgan fingerprint density at radius 3 is 2.24 bits per heavy atom. The van der Waals surface area contributed by atoms with Crippen molar-refractivity contribution in [3.63, 3.8) is 0 Å². The predicted octanol–water partition coefficient (Wildman–Crippen LogP) is 1.67. The van der Waals surface area contributed by atoms with Gasteiger partial charge in [-0.05, 0) is 37.7 Å². The van der Waals surface area contributed by atoms with E-state index >= 15 is 0 Å². The van der Waals surface area contributed by atoms with Crippen molar-refractivity contribution in [2.75, 3.05) is 13.1 Å². The number of carbonyl (C=O) groups is 2. The van der Waals surface area contributed by atoms with Crippen LogP contribution in [0, 0.1) is 11.3 Å². The second kappa shape index (κ2) is 4.51. The van der Waals surface area contributed by atoms with Crippen molar-refractivity contribution in [3.05, 3.63) is 12.7 Å². The molecule has 4 heteroatoms. The maximum Gasteiger partial charge on any atom is 0.309 e. The van der Waals surface area contributed by atoms with Gasteiger partial charge in [-0.3, -0.25) is 9.59 Å². The summed E-state index contributed by atoms with van der Waals surface area (Å²) >= 11 is 0. The molecule has 1 amide bonds. The van der Waals surface area contributed by atoms with Crippen molar-refractivity contribution >= 4 is 11.9 Å². The first-order chi connectivity index (χ1) is 8.10. The van der Waals surface area contributed by atoms with Crippen molar-refractivity contribution in [1.82, 2.24) is 4.90 Å². The minimum Gasteiger partial charge on any atom is -0.481 e. The zero-order valence-corrected chi connectivity index (χ0v) is 10.0. The van der Waals surface area contributed by atoms with Gasteiger partial charge >= 0.3 is 5.97 Å². The third-order valence-electron chi connectivity index (χ3n) is 4.43. The molecule has 1 aliphatic heterocycles. The molecule has 0 spiro atoms. The maximum atomic E-state index is 11.4. The van der Waals surface area contributed by atoms with Crippen LogP contribution in [0.3, 0.4) is 0 Å². The number of carboxylic acids is 1. The van der Waals surface area contributed by atoms with E-state index in [0.29, 0.717) is 13.1 Å². The first-order valence-corrected chi connectivity index (χ1v) is 6.25. The molecule has 0 radical (unpaired) electrons. The van der Waals surface area contributed by atoms with Crippen LogP contribution in [-0.2, 0) is 9.59 Å². The van der Waals surface area contributed by atoms with Crippen LogP contribution in [0.25, 0.3) is 0 Å². The highest BCUT2D eigenvalue weighted by atomic mass is 16.4. The van der Waals surface area contributed by atoms with Gasteiger partial charge in [0, 0.05) is 13.1 Å². The summed E-state index contributed by atoms with van der Waals surface area (Å²) < 4.78 is 0. The average Bonchev–Trinajstić information content (AvgIpc) is 2.27. The zero-order chi connectivity index (χ0) is 12.5. The summed E-state index contributed by atoms with van der Waals surface area (Å²) in [4.78, 5) is 24.6. The van der Waals surface area contributed by atoms with Crippen LogP contribution in [0.15, 0.2) is 12.7 Å². The van der Waals surface area contributed by atoms with E-state index in [-0.39, 0.29) is 11.8 Å². The third kappa shape index (κ3) is 1.96. The fraction of sp³-hybridized carbons (Fsp3) is 0.692. The van der Waals surface area contributed by atoms with Crippen LogP contribution in [0.5, 0.6) is 0 Å². The topological polar surface area (TPSA) is 57.6 Å². The van der Waals surface area contributed by atoms with Crippen LogP contribution in [0.1, 0.15) is 32.1 Å². The molecule has 2 rings (SSSR count). The van der Waals surface area contributed by atoms with E-state index in [0.717, 1.165) is 32.1 Å². The van der Waals surface area contributed by atoms with Crippen LogP contribution in [0.2, 0.25) is 0 Å². The molecule has 1 aliphatic carbocycles. The SMILES string of the molecule is C=CC(=O)N1CCC(C2(C(=O)O)CCC2)CC1.